The number of rotatable bonds is 7. The maximum atomic E-state index is 12.5. The first kappa shape index (κ1) is 22.4. The highest BCUT2D eigenvalue weighted by molar-refractivity contribution is 6.09. The van der Waals surface area contributed by atoms with Crippen LogP contribution in [0.25, 0.3) is 16.8 Å². The van der Waals surface area contributed by atoms with E-state index in [-0.39, 0.29) is 11.3 Å². The molecule has 4 rings (SSSR count). The van der Waals surface area contributed by atoms with Crippen LogP contribution in [0.3, 0.4) is 0 Å². The second-order valence-corrected chi connectivity index (χ2v) is 7.55. The smallest absolute Gasteiger partial charge is 0.266 e. The summed E-state index contributed by atoms with van der Waals surface area (Å²) in [5, 5.41) is 23.8. The van der Waals surface area contributed by atoms with Crippen molar-refractivity contribution in [2.75, 3.05) is 12.4 Å². The topological polar surface area (TPSA) is 91.6 Å². The number of amides is 1. The van der Waals surface area contributed by atoms with Gasteiger partial charge < -0.3 is 19.9 Å². The minimum absolute atomic E-state index is 0.0695. The van der Waals surface area contributed by atoms with E-state index in [1.165, 1.54) is 30.7 Å². The Morgan fingerprint density at radius 2 is 1.74 bits per heavy atom. The molecule has 0 unspecified atom stereocenters. The molecular weight excluding hydrogens is 428 g/mol. The van der Waals surface area contributed by atoms with Gasteiger partial charge in [0.05, 0.1) is 7.11 Å². The van der Waals surface area contributed by atoms with E-state index in [0.29, 0.717) is 29.4 Å². The number of nitriles is 1. The minimum Gasteiger partial charge on any atom is -0.508 e. The molecule has 0 saturated heterocycles. The zero-order valence-corrected chi connectivity index (χ0v) is 18.5. The Balaban J connectivity index is 1.48. The second kappa shape index (κ2) is 10.2. The van der Waals surface area contributed by atoms with E-state index in [0.717, 1.165) is 10.9 Å². The van der Waals surface area contributed by atoms with Crippen LogP contribution in [-0.4, -0.2) is 18.1 Å². The lowest BCUT2D eigenvalue weighted by Gasteiger charge is -2.12. The standard InChI is InChI=1S/C28H22N2O4/c1-33-27-16-19(14-23(17-29)28(32)30-24-9-11-25(31)12-10-24)7-13-26(27)34-18-20-6-8-21-4-2-3-5-22(21)15-20/h2-16,31H,18H2,1H3,(H,30,32)/b23-14+. The van der Waals surface area contributed by atoms with Gasteiger partial charge in [-0.15, -0.1) is 0 Å². The van der Waals surface area contributed by atoms with Crippen LogP contribution in [0.1, 0.15) is 11.1 Å². The molecule has 2 N–H and O–H groups in total. The maximum absolute atomic E-state index is 12.5. The van der Waals surface area contributed by atoms with Crippen LogP contribution in [0.15, 0.2) is 90.5 Å². The lowest BCUT2D eigenvalue weighted by molar-refractivity contribution is -0.112. The van der Waals surface area contributed by atoms with Gasteiger partial charge in [-0.1, -0.05) is 42.5 Å². The van der Waals surface area contributed by atoms with E-state index in [4.69, 9.17) is 9.47 Å². The highest BCUT2D eigenvalue weighted by atomic mass is 16.5. The van der Waals surface area contributed by atoms with E-state index < -0.39 is 5.91 Å². The summed E-state index contributed by atoms with van der Waals surface area (Å²) in [6.07, 6.45) is 1.48. The molecule has 4 aromatic rings. The van der Waals surface area contributed by atoms with Crippen LogP contribution in [0.2, 0.25) is 0 Å². The van der Waals surface area contributed by atoms with E-state index in [2.05, 4.69) is 29.6 Å². The predicted octanol–water partition coefficient (Wildman–Crippen LogP) is 5.68. The summed E-state index contributed by atoms with van der Waals surface area (Å²) in [6.45, 7) is 0.370. The van der Waals surface area contributed by atoms with Gasteiger partial charge in [0, 0.05) is 5.69 Å². The zero-order chi connectivity index (χ0) is 23.9. The molecule has 0 aliphatic carbocycles. The van der Waals surface area contributed by atoms with Crippen molar-refractivity contribution in [3.05, 3.63) is 102 Å². The number of fused-ring (bicyclic) bond motifs is 1. The Morgan fingerprint density at radius 1 is 0.971 bits per heavy atom. The molecule has 6 heteroatoms. The molecule has 0 aromatic heterocycles. The highest BCUT2D eigenvalue weighted by Gasteiger charge is 2.12. The Kier molecular flexibility index (Phi) is 6.76. The normalized spacial score (nSPS) is 11.0. The fourth-order valence-corrected chi connectivity index (χ4v) is 3.44. The summed E-state index contributed by atoms with van der Waals surface area (Å²) in [7, 11) is 1.54. The lowest BCUT2D eigenvalue weighted by Crippen LogP contribution is -2.13. The van der Waals surface area contributed by atoms with Crippen LogP contribution in [0.4, 0.5) is 5.69 Å². The highest BCUT2D eigenvalue weighted by Crippen LogP contribution is 2.30. The van der Waals surface area contributed by atoms with E-state index in [1.54, 1.807) is 30.3 Å². The number of hydrogen-bond acceptors (Lipinski definition) is 5. The number of ether oxygens (including phenoxy) is 2. The molecule has 0 heterocycles. The van der Waals surface area contributed by atoms with Gasteiger partial charge in [0.25, 0.3) is 5.91 Å². The quantitative estimate of drug-likeness (QED) is 0.215. The fraction of sp³-hybridized carbons (Fsp3) is 0.0714. The third-order valence-electron chi connectivity index (χ3n) is 5.20. The number of anilines is 1. The molecule has 0 radical (unpaired) electrons. The number of benzene rings is 4. The average Bonchev–Trinajstić information content (AvgIpc) is 2.87. The Hall–Kier alpha value is -4.76. The molecule has 4 aromatic carbocycles. The monoisotopic (exact) mass is 450 g/mol. The van der Waals surface area contributed by atoms with Crippen molar-refractivity contribution >= 4 is 28.4 Å². The molecule has 0 bridgehead atoms. The summed E-state index contributed by atoms with van der Waals surface area (Å²) in [6, 6.07) is 27.4. The minimum atomic E-state index is -0.552. The summed E-state index contributed by atoms with van der Waals surface area (Å²) in [4.78, 5) is 12.5. The van der Waals surface area contributed by atoms with Gasteiger partial charge in [0.15, 0.2) is 11.5 Å². The molecule has 34 heavy (non-hydrogen) atoms. The van der Waals surface area contributed by atoms with Crippen LogP contribution in [-0.2, 0) is 11.4 Å². The van der Waals surface area contributed by atoms with Gasteiger partial charge in [0.1, 0.15) is 24.0 Å². The van der Waals surface area contributed by atoms with Crippen molar-refractivity contribution < 1.29 is 19.4 Å². The molecule has 0 atom stereocenters. The number of aromatic hydroxyl groups is 1. The SMILES string of the molecule is COc1cc(/C=C(\C#N)C(=O)Nc2ccc(O)cc2)ccc1OCc1ccc2ccccc2c1. The van der Waals surface area contributed by atoms with Crippen molar-refractivity contribution in [2.45, 2.75) is 6.61 Å². The predicted molar refractivity (Wildman–Crippen MR) is 132 cm³/mol. The number of phenols is 1. The van der Waals surface area contributed by atoms with Gasteiger partial charge in [-0.2, -0.15) is 5.26 Å². The summed E-state index contributed by atoms with van der Waals surface area (Å²) in [5.74, 6) is 0.582. The van der Waals surface area contributed by atoms with Gasteiger partial charge in [-0.3, -0.25) is 4.79 Å². The van der Waals surface area contributed by atoms with Crippen molar-refractivity contribution in [1.82, 2.24) is 0 Å². The van der Waals surface area contributed by atoms with Gasteiger partial charge in [0.2, 0.25) is 0 Å². The third-order valence-corrected chi connectivity index (χ3v) is 5.20. The molecule has 0 aliphatic heterocycles. The first-order valence-electron chi connectivity index (χ1n) is 10.6. The summed E-state index contributed by atoms with van der Waals surface area (Å²) >= 11 is 0. The first-order chi connectivity index (χ1) is 16.6. The lowest BCUT2D eigenvalue weighted by atomic mass is 10.1. The fourth-order valence-electron chi connectivity index (χ4n) is 3.44. The molecular formula is C28H22N2O4. The van der Waals surface area contributed by atoms with Crippen LogP contribution < -0.4 is 14.8 Å². The largest absolute Gasteiger partial charge is 0.508 e. The van der Waals surface area contributed by atoms with Crippen LogP contribution in [0, 0.1) is 11.3 Å². The first-order valence-corrected chi connectivity index (χ1v) is 10.6. The average molecular weight is 450 g/mol. The van der Waals surface area contributed by atoms with Crippen molar-refractivity contribution in [3.8, 4) is 23.3 Å². The maximum Gasteiger partial charge on any atom is 0.266 e. The third kappa shape index (κ3) is 5.34. The van der Waals surface area contributed by atoms with Gasteiger partial charge in [-0.25, -0.2) is 0 Å². The van der Waals surface area contributed by atoms with E-state index in [9.17, 15) is 15.2 Å². The number of nitrogens with zero attached hydrogens (tertiary/aromatic N) is 1. The molecule has 6 nitrogen and oxygen atoms in total. The summed E-state index contributed by atoms with van der Waals surface area (Å²) in [5.41, 5.74) is 2.05. The zero-order valence-electron chi connectivity index (χ0n) is 18.5. The molecule has 1 amide bonds. The Bertz CT molecular complexity index is 1400. The molecule has 168 valence electrons. The molecule has 0 saturated carbocycles. The molecule has 0 fully saturated rings. The van der Waals surface area contributed by atoms with E-state index in [1.807, 2.05) is 24.3 Å². The molecule has 0 spiro atoms. The number of nitrogens with one attached hydrogen (secondary N) is 1. The summed E-state index contributed by atoms with van der Waals surface area (Å²) < 4.78 is 11.4. The Morgan fingerprint density at radius 3 is 2.47 bits per heavy atom. The molecule has 0 aliphatic rings. The van der Waals surface area contributed by atoms with Crippen molar-refractivity contribution in [3.63, 3.8) is 0 Å². The van der Waals surface area contributed by atoms with Gasteiger partial charge in [-0.05, 0) is 70.4 Å². The number of methoxy groups -OCH3 is 1. The van der Waals surface area contributed by atoms with Gasteiger partial charge >= 0.3 is 0 Å². The van der Waals surface area contributed by atoms with Crippen molar-refractivity contribution in [2.24, 2.45) is 0 Å². The number of carbonyl (C=O) groups is 1. The number of phenolic OH excluding ortho intramolecular Hbond substituents is 1. The Labute approximate surface area is 197 Å². The van der Waals surface area contributed by atoms with E-state index >= 15 is 0 Å². The van der Waals surface area contributed by atoms with Crippen LogP contribution in [0.5, 0.6) is 17.2 Å². The number of carbonyl (C=O) groups excluding carboxylic acids is 1. The van der Waals surface area contributed by atoms with Crippen LogP contribution >= 0.6 is 0 Å². The second-order valence-electron chi connectivity index (χ2n) is 7.55. The number of hydrogen-bond donors (Lipinski definition) is 2. The van der Waals surface area contributed by atoms with Crippen molar-refractivity contribution in [1.29, 1.82) is 5.26 Å².